The minimum atomic E-state index is 0. The zero-order valence-electron chi connectivity index (χ0n) is 15.7. The van der Waals surface area contributed by atoms with Crippen molar-refractivity contribution < 1.29 is 14.3 Å². The predicted molar refractivity (Wildman–Crippen MR) is 115 cm³/mol. The van der Waals surface area contributed by atoms with Crippen LogP contribution in [0.1, 0.15) is 18.5 Å². The van der Waals surface area contributed by atoms with Crippen molar-refractivity contribution in [1.82, 2.24) is 15.2 Å². The van der Waals surface area contributed by atoms with Crippen LogP contribution in [-0.4, -0.2) is 49.3 Å². The molecule has 4 rings (SSSR count). The molecule has 28 heavy (non-hydrogen) atoms. The number of amides is 1. The monoisotopic (exact) mass is 445 g/mol. The molecule has 1 atom stereocenters. The minimum Gasteiger partial charge on any atom is -0.454 e. The van der Waals surface area contributed by atoms with E-state index in [1.165, 1.54) is 6.42 Å². The van der Waals surface area contributed by atoms with Gasteiger partial charge >= 0.3 is 0 Å². The van der Waals surface area contributed by atoms with Crippen LogP contribution >= 0.6 is 36.2 Å². The lowest BCUT2D eigenvalue weighted by Crippen LogP contribution is -2.43. The maximum Gasteiger partial charge on any atom is 0.231 e. The van der Waals surface area contributed by atoms with Gasteiger partial charge in [-0.1, -0.05) is 0 Å². The van der Waals surface area contributed by atoms with E-state index in [0.717, 1.165) is 53.8 Å². The summed E-state index contributed by atoms with van der Waals surface area (Å²) in [4.78, 5) is 19.3. The number of nitrogens with one attached hydrogen (secondary N) is 1. The Labute approximate surface area is 181 Å². The summed E-state index contributed by atoms with van der Waals surface area (Å²) in [7, 11) is 1.97. The number of carbonyl (C=O) groups is 1. The van der Waals surface area contributed by atoms with Gasteiger partial charge in [-0.3, -0.25) is 4.79 Å². The molecule has 1 N–H and O–H groups in total. The zero-order valence-corrected chi connectivity index (χ0v) is 18.1. The molecular formula is C19H25Cl2N3O3S. The van der Waals surface area contributed by atoms with Crippen molar-refractivity contribution in [3.8, 4) is 22.1 Å². The lowest BCUT2D eigenvalue weighted by atomic mass is 9.97. The van der Waals surface area contributed by atoms with Crippen LogP contribution < -0.4 is 14.8 Å². The van der Waals surface area contributed by atoms with Gasteiger partial charge in [0.25, 0.3) is 0 Å². The number of hydrogen-bond donors (Lipinski definition) is 1. The van der Waals surface area contributed by atoms with Gasteiger partial charge in [0, 0.05) is 24.0 Å². The maximum absolute atomic E-state index is 12.7. The zero-order chi connectivity index (χ0) is 17.9. The maximum atomic E-state index is 12.7. The van der Waals surface area contributed by atoms with Crippen molar-refractivity contribution in [1.29, 1.82) is 0 Å². The number of piperidine rings is 1. The quantitative estimate of drug-likeness (QED) is 0.763. The summed E-state index contributed by atoms with van der Waals surface area (Å²) in [5.74, 6) is 2.24. The first-order chi connectivity index (χ1) is 12.7. The molecule has 2 aliphatic heterocycles. The highest BCUT2D eigenvalue weighted by Crippen LogP contribution is 2.36. The van der Waals surface area contributed by atoms with Crippen LogP contribution in [0.4, 0.5) is 0 Å². The third kappa shape index (κ3) is 5.08. The van der Waals surface area contributed by atoms with Gasteiger partial charge in [0.1, 0.15) is 5.01 Å². The average molecular weight is 446 g/mol. The van der Waals surface area contributed by atoms with Crippen LogP contribution in [-0.2, 0) is 11.2 Å². The lowest BCUT2D eigenvalue weighted by Gasteiger charge is -2.32. The predicted octanol–water partition coefficient (Wildman–Crippen LogP) is 3.38. The number of rotatable bonds is 5. The van der Waals surface area contributed by atoms with Crippen molar-refractivity contribution >= 4 is 42.1 Å². The van der Waals surface area contributed by atoms with Crippen LogP contribution in [0.3, 0.4) is 0 Å². The Morgan fingerprint density at radius 1 is 1.32 bits per heavy atom. The van der Waals surface area contributed by atoms with Gasteiger partial charge in [0.05, 0.1) is 12.1 Å². The number of hydrogen-bond acceptors (Lipinski definition) is 6. The smallest absolute Gasteiger partial charge is 0.231 e. The van der Waals surface area contributed by atoms with Crippen molar-refractivity contribution in [3.05, 3.63) is 29.3 Å². The molecule has 1 aromatic carbocycles. The summed E-state index contributed by atoms with van der Waals surface area (Å²) in [6, 6.07) is 5.82. The van der Waals surface area contributed by atoms with E-state index in [0.29, 0.717) is 12.3 Å². The number of nitrogens with zero attached hydrogens (tertiary/aromatic N) is 2. The number of halogens is 2. The molecule has 1 unspecified atom stereocenters. The molecule has 1 saturated heterocycles. The third-order valence-electron chi connectivity index (χ3n) is 4.87. The molecular weight excluding hydrogens is 421 g/mol. The number of thiazole rings is 1. The topological polar surface area (TPSA) is 63.7 Å². The van der Waals surface area contributed by atoms with Gasteiger partial charge in [0.2, 0.25) is 12.7 Å². The molecule has 6 nitrogen and oxygen atoms in total. The highest BCUT2D eigenvalue weighted by molar-refractivity contribution is 7.13. The summed E-state index contributed by atoms with van der Waals surface area (Å²) < 4.78 is 10.8. The second kappa shape index (κ2) is 10.3. The van der Waals surface area contributed by atoms with Gasteiger partial charge in [-0.25, -0.2) is 4.98 Å². The van der Waals surface area contributed by atoms with Crippen molar-refractivity contribution in [2.24, 2.45) is 5.92 Å². The van der Waals surface area contributed by atoms with E-state index in [2.05, 4.69) is 10.3 Å². The lowest BCUT2D eigenvalue weighted by molar-refractivity contribution is -0.132. The van der Waals surface area contributed by atoms with E-state index in [9.17, 15) is 4.79 Å². The molecule has 2 aliphatic rings. The Bertz CT molecular complexity index is 800. The molecule has 0 radical (unpaired) electrons. The van der Waals surface area contributed by atoms with Crippen LogP contribution in [0, 0.1) is 5.92 Å². The molecule has 9 heteroatoms. The first kappa shape index (κ1) is 22.7. The fourth-order valence-corrected chi connectivity index (χ4v) is 4.38. The van der Waals surface area contributed by atoms with Crippen molar-refractivity contribution in [3.63, 3.8) is 0 Å². The van der Waals surface area contributed by atoms with Crippen LogP contribution in [0.25, 0.3) is 10.6 Å². The molecule has 154 valence electrons. The van der Waals surface area contributed by atoms with Gasteiger partial charge in [0.15, 0.2) is 11.5 Å². The summed E-state index contributed by atoms with van der Waals surface area (Å²) in [5.41, 5.74) is 1.83. The molecule has 0 spiro atoms. The number of fused-ring (bicyclic) bond motifs is 1. The normalized spacial score (nSPS) is 17.6. The second-order valence-electron chi connectivity index (χ2n) is 6.79. The van der Waals surface area contributed by atoms with E-state index < -0.39 is 0 Å². The Hall–Kier alpha value is -1.54. The largest absolute Gasteiger partial charge is 0.454 e. The molecule has 2 aromatic rings. The Kier molecular flexibility index (Phi) is 8.37. The Morgan fingerprint density at radius 3 is 2.96 bits per heavy atom. The van der Waals surface area contributed by atoms with E-state index in [1.54, 1.807) is 11.3 Å². The van der Waals surface area contributed by atoms with Gasteiger partial charge in [-0.05, 0) is 50.6 Å². The van der Waals surface area contributed by atoms with Gasteiger partial charge < -0.3 is 19.7 Å². The van der Waals surface area contributed by atoms with Crippen molar-refractivity contribution in [2.45, 2.75) is 19.3 Å². The summed E-state index contributed by atoms with van der Waals surface area (Å²) >= 11 is 1.56. The first-order valence-corrected chi connectivity index (χ1v) is 9.87. The van der Waals surface area contributed by atoms with E-state index >= 15 is 0 Å². The molecule has 0 saturated carbocycles. The molecule has 3 heterocycles. The van der Waals surface area contributed by atoms with Crippen molar-refractivity contribution in [2.75, 3.05) is 33.5 Å². The van der Waals surface area contributed by atoms with Gasteiger partial charge in [-0.2, -0.15) is 0 Å². The van der Waals surface area contributed by atoms with Crippen LogP contribution in [0.15, 0.2) is 23.6 Å². The van der Waals surface area contributed by atoms with Crippen LogP contribution in [0.5, 0.6) is 11.5 Å². The first-order valence-electron chi connectivity index (χ1n) is 8.99. The Balaban J connectivity index is 0.00000140. The second-order valence-corrected chi connectivity index (χ2v) is 7.65. The molecule has 1 fully saturated rings. The SMILES string of the molecule is CNCC1CCCN(C(=O)Cc2csc(-c3ccc4c(c3)OCO4)n2)C1.Cl.Cl. The number of benzene rings is 1. The molecule has 1 amide bonds. The number of likely N-dealkylation sites (tertiary alicyclic amines) is 1. The average Bonchev–Trinajstić information content (AvgIpc) is 3.30. The fourth-order valence-electron chi connectivity index (χ4n) is 3.56. The molecule has 0 bridgehead atoms. The summed E-state index contributed by atoms with van der Waals surface area (Å²) in [5, 5.41) is 6.10. The van der Waals surface area contributed by atoms with Gasteiger partial charge in [-0.15, -0.1) is 36.2 Å². The van der Waals surface area contributed by atoms with E-state index in [1.807, 2.05) is 35.5 Å². The fraction of sp³-hybridized carbons (Fsp3) is 0.474. The van der Waals surface area contributed by atoms with Crippen LogP contribution in [0.2, 0.25) is 0 Å². The minimum absolute atomic E-state index is 0. The Morgan fingerprint density at radius 2 is 2.14 bits per heavy atom. The number of carbonyl (C=O) groups excluding carboxylic acids is 1. The van der Waals surface area contributed by atoms with E-state index in [4.69, 9.17) is 9.47 Å². The molecule has 1 aromatic heterocycles. The summed E-state index contributed by atoms with van der Waals surface area (Å²) in [6.07, 6.45) is 2.64. The standard InChI is InChI=1S/C19H23N3O3S.2ClH/c1-20-9-13-3-2-6-22(10-13)18(23)8-15-11-26-19(21-15)14-4-5-16-17(7-14)25-12-24-16;;/h4-5,7,11,13,20H,2-3,6,8-10,12H2,1H3;2*1H. The third-order valence-corrected chi connectivity index (χ3v) is 5.81. The highest BCUT2D eigenvalue weighted by atomic mass is 35.5. The number of aromatic nitrogens is 1. The number of ether oxygens (including phenoxy) is 2. The van der Waals surface area contributed by atoms with E-state index in [-0.39, 0.29) is 37.5 Å². The highest BCUT2D eigenvalue weighted by Gasteiger charge is 2.24. The molecule has 0 aliphatic carbocycles. The summed E-state index contributed by atoms with van der Waals surface area (Å²) in [6.45, 7) is 2.94.